The van der Waals surface area contributed by atoms with E-state index in [4.69, 9.17) is 4.74 Å². The van der Waals surface area contributed by atoms with Crippen molar-refractivity contribution >= 4 is 11.0 Å². The van der Waals surface area contributed by atoms with E-state index in [2.05, 4.69) is 28.2 Å². The Hall–Kier alpha value is -1.46. The van der Waals surface area contributed by atoms with Gasteiger partial charge in [-0.3, -0.25) is 0 Å². The zero-order valence-corrected chi connectivity index (χ0v) is 13.4. The quantitative estimate of drug-likeness (QED) is 0.789. The molecule has 2 heterocycles. The summed E-state index contributed by atoms with van der Waals surface area (Å²) in [6.45, 7) is 7.47. The number of hydrogen-bond donors (Lipinski definition) is 0. The van der Waals surface area contributed by atoms with E-state index in [9.17, 15) is 0 Å². The van der Waals surface area contributed by atoms with Gasteiger partial charge in [-0.05, 0) is 44.4 Å². The predicted molar refractivity (Wildman–Crippen MR) is 87.9 cm³/mol. The van der Waals surface area contributed by atoms with E-state index < -0.39 is 0 Å². The number of aromatic nitrogens is 3. The van der Waals surface area contributed by atoms with Crippen LogP contribution in [0.2, 0.25) is 0 Å². The molecule has 2 aromatic rings. The second kappa shape index (κ2) is 7.70. The number of ether oxygens (including phenoxy) is 1. The summed E-state index contributed by atoms with van der Waals surface area (Å²) in [4.78, 5) is 2.55. The van der Waals surface area contributed by atoms with Crippen LogP contribution in [0, 0.1) is 0 Å². The van der Waals surface area contributed by atoms with Crippen molar-refractivity contribution in [1.29, 1.82) is 0 Å². The standard InChI is InChI=1S/C17H26N4O/c1-2-14-22-15-8-12-20(13-9-15)10-5-11-21-17-7-4-3-6-16(17)18-19-21/h3-4,6-7,15H,2,5,8-14H2,1H3. The predicted octanol–water partition coefficient (Wildman–Crippen LogP) is 2.71. The molecule has 1 aromatic heterocycles. The molecular formula is C17H26N4O. The van der Waals surface area contributed by atoms with E-state index >= 15 is 0 Å². The molecule has 22 heavy (non-hydrogen) atoms. The number of hydrogen-bond acceptors (Lipinski definition) is 4. The van der Waals surface area contributed by atoms with Crippen molar-refractivity contribution in [1.82, 2.24) is 19.9 Å². The van der Waals surface area contributed by atoms with Gasteiger partial charge in [0.05, 0.1) is 11.6 Å². The number of nitrogens with zero attached hydrogens (tertiary/aromatic N) is 4. The molecule has 3 rings (SSSR count). The van der Waals surface area contributed by atoms with Gasteiger partial charge in [-0.15, -0.1) is 5.10 Å². The van der Waals surface area contributed by atoms with Crippen LogP contribution in [0.25, 0.3) is 11.0 Å². The van der Waals surface area contributed by atoms with Crippen LogP contribution in [0.5, 0.6) is 0 Å². The summed E-state index contributed by atoms with van der Waals surface area (Å²) in [5, 5.41) is 8.46. The summed E-state index contributed by atoms with van der Waals surface area (Å²) in [5.41, 5.74) is 2.12. The molecule has 0 saturated carbocycles. The van der Waals surface area contributed by atoms with Crippen molar-refractivity contribution in [3.8, 4) is 0 Å². The average molecular weight is 302 g/mol. The Balaban J connectivity index is 1.41. The van der Waals surface area contributed by atoms with Gasteiger partial charge in [0, 0.05) is 26.2 Å². The lowest BCUT2D eigenvalue weighted by Gasteiger charge is -2.31. The molecule has 0 unspecified atom stereocenters. The Morgan fingerprint density at radius 3 is 2.82 bits per heavy atom. The molecule has 1 aromatic carbocycles. The minimum Gasteiger partial charge on any atom is -0.378 e. The molecule has 0 bridgehead atoms. The molecule has 0 N–H and O–H groups in total. The van der Waals surface area contributed by atoms with Crippen molar-refractivity contribution in [2.24, 2.45) is 0 Å². The van der Waals surface area contributed by atoms with Gasteiger partial charge in [0.2, 0.25) is 0 Å². The molecule has 1 aliphatic heterocycles. The van der Waals surface area contributed by atoms with Gasteiger partial charge < -0.3 is 9.64 Å². The summed E-state index contributed by atoms with van der Waals surface area (Å²) in [5.74, 6) is 0. The molecule has 1 aliphatic rings. The van der Waals surface area contributed by atoms with Crippen molar-refractivity contribution in [3.63, 3.8) is 0 Å². The van der Waals surface area contributed by atoms with E-state index in [0.717, 1.165) is 56.7 Å². The number of benzene rings is 1. The third kappa shape index (κ3) is 3.84. The van der Waals surface area contributed by atoms with E-state index in [-0.39, 0.29) is 0 Å². The summed E-state index contributed by atoms with van der Waals surface area (Å²) in [6, 6.07) is 8.15. The Bertz CT molecular complexity index is 575. The molecule has 0 radical (unpaired) electrons. The zero-order valence-electron chi connectivity index (χ0n) is 13.4. The molecule has 5 heteroatoms. The Morgan fingerprint density at radius 1 is 1.18 bits per heavy atom. The van der Waals surface area contributed by atoms with Gasteiger partial charge >= 0.3 is 0 Å². The number of aryl methyl sites for hydroxylation is 1. The molecule has 0 atom stereocenters. The van der Waals surface area contributed by atoms with Gasteiger partial charge in [0.25, 0.3) is 0 Å². The maximum Gasteiger partial charge on any atom is 0.113 e. The smallest absolute Gasteiger partial charge is 0.113 e. The van der Waals surface area contributed by atoms with Crippen molar-refractivity contribution in [2.75, 3.05) is 26.2 Å². The fourth-order valence-electron chi connectivity index (χ4n) is 3.11. The Morgan fingerprint density at radius 2 is 2.00 bits per heavy atom. The van der Waals surface area contributed by atoms with Crippen molar-refractivity contribution in [2.45, 2.75) is 45.3 Å². The van der Waals surface area contributed by atoms with Crippen molar-refractivity contribution in [3.05, 3.63) is 24.3 Å². The summed E-state index contributed by atoms with van der Waals surface area (Å²) in [7, 11) is 0. The monoisotopic (exact) mass is 302 g/mol. The molecule has 5 nitrogen and oxygen atoms in total. The topological polar surface area (TPSA) is 43.2 Å². The number of likely N-dealkylation sites (tertiary alicyclic amines) is 1. The van der Waals surface area contributed by atoms with Gasteiger partial charge in [-0.1, -0.05) is 24.3 Å². The fraction of sp³-hybridized carbons (Fsp3) is 0.647. The number of rotatable bonds is 7. The average Bonchev–Trinajstić information content (AvgIpc) is 2.98. The first-order chi connectivity index (χ1) is 10.9. The normalized spacial score (nSPS) is 17.3. The zero-order chi connectivity index (χ0) is 15.2. The largest absolute Gasteiger partial charge is 0.378 e. The maximum atomic E-state index is 5.84. The van der Waals surface area contributed by atoms with Gasteiger partial charge in [0.1, 0.15) is 5.52 Å². The van der Waals surface area contributed by atoms with Crippen LogP contribution in [0.1, 0.15) is 32.6 Å². The number of fused-ring (bicyclic) bond motifs is 1. The lowest BCUT2D eigenvalue weighted by molar-refractivity contribution is 0.00754. The highest BCUT2D eigenvalue weighted by Crippen LogP contribution is 2.15. The third-order valence-corrected chi connectivity index (χ3v) is 4.36. The van der Waals surface area contributed by atoms with Crippen LogP contribution in [0.15, 0.2) is 24.3 Å². The van der Waals surface area contributed by atoms with Crippen LogP contribution in [-0.4, -0.2) is 52.2 Å². The van der Waals surface area contributed by atoms with E-state index in [1.807, 2.05) is 22.9 Å². The second-order valence-electron chi connectivity index (χ2n) is 6.07. The van der Waals surface area contributed by atoms with Gasteiger partial charge in [0.15, 0.2) is 0 Å². The van der Waals surface area contributed by atoms with Crippen LogP contribution in [0.4, 0.5) is 0 Å². The minimum atomic E-state index is 0.482. The van der Waals surface area contributed by atoms with Crippen molar-refractivity contribution < 1.29 is 4.74 Å². The molecule has 0 spiro atoms. The minimum absolute atomic E-state index is 0.482. The molecular weight excluding hydrogens is 276 g/mol. The molecule has 120 valence electrons. The van der Waals surface area contributed by atoms with E-state index in [1.54, 1.807) is 0 Å². The summed E-state index contributed by atoms with van der Waals surface area (Å²) >= 11 is 0. The number of para-hydroxylation sites is 1. The Kier molecular flexibility index (Phi) is 5.40. The second-order valence-corrected chi connectivity index (χ2v) is 6.07. The molecule has 0 amide bonds. The lowest BCUT2D eigenvalue weighted by Crippen LogP contribution is -2.37. The highest BCUT2D eigenvalue weighted by Gasteiger charge is 2.18. The number of piperidine rings is 1. The van der Waals surface area contributed by atoms with Gasteiger partial charge in [-0.25, -0.2) is 4.68 Å². The maximum absolute atomic E-state index is 5.84. The molecule has 0 aliphatic carbocycles. The summed E-state index contributed by atoms with van der Waals surface area (Å²) < 4.78 is 7.86. The lowest BCUT2D eigenvalue weighted by atomic mass is 10.1. The fourth-order valence-corrected chi connectivity index (χ4v) is 3.11. The first-order valence-corrected chi connectivity index (χ1v) is 8.49. The highest BCUT2D eigenvalue weighted by atomic mass is 16.5. The highest BCUT2D eigenvalue weighted by molar-refractivity contribution is 5.73. The molecule has 1 fully saturated rings. The van der Waals surface area contributed by atoms with Crippen LogP contribution >= 0.6 is 0 Å². The van der Waals surface area contributed by atoms with Crippen LogP contribution in [-0.2, 0) is 11.3 Å². The van der Waals surface area contributed by atoms with E-state index in [0.29, 0.717) is 6.10 Å². The SMILES string of the molecule is CCCOC1CCN(CCCn2nnc3ccccc32)CC1. The van der Waals surface area contributed by atoms with Crippen LogP contribution in [0.3, 0.4) is 0 Å². The third-order valence-electron chi connectivity index (χ3n) is 4.36. The molecule has 1 saturated heterocycles. The first kappa shape index (κ1) is 15.4. The Labute approximate surface area is 132 Å². The summed E-state index contributed by atoms with van der Waals surface area (Å²) in [6.07, 6.45) is 5.06. The van der Waals surface area contributed by atoms with Crippen LogP contribution < -0.4 is 0 Å². The van der Waals surface area contributed by atoms with E-state index in [1.165, 1.54) is 12.8 Å². The first-order valence-electron chi connectivity index (χ1n) is 8.49. The van der Waals surface area contributed by atoms with Gasteiger partial charge in [-0.2, -0.15) is 0 Å².